The molecule has 2 aromatic heterocycles. The van der Waals surface area contributed by atoms with E-state index in [1.165, 1.54) is 24.3 Å². The third-order valence-electron chi connectivity index (χ3n) is 7.39. The maximum Gasteiger partial charge on any atom is 0.335 e. The van der Waals surface area contributed by atoms with E-state index in [1.54, 1.807) is 59.0 Å². The average molecular weight is 557 g/mol. The van der Waals surface area contributed by atoms with Gasteiger partial charge in [-0.05, 0) is 89.0 Å². The molecule has 1 amide bonds. The Kier molecular flexibility index (Phi) is 6.84. The molecule has 0 aliphatic carbocycles. The van der Waals surface area contributed by atoms with E-state index in [9.17, 15) is 23.9 Å². The number of carboxylic acid groups (broad SMARTS) is 1. The van der Waals surface area contributed by atoms with Gasteiger partial charge in [-0.15, -0.1) is 0 Å². The largest absolute Gasteiger partial charge is 0.478 e. The summed E-state index contributed by atoms with van der Waals surface area (Å²) in [5, 5.41) is 13.6. The van der Waals surface area contributed by atoms with Gasteiger partial charge in [0.1, 0.15) is 11.5 Å². The van der Waals surface area contributed by atoms with Crippen LogP contribution in [0.25, 0.3) is 27.4 Å². The second-order valence-corrected chi connectivity index (χ2v) is 10.1. The van der Waals surface area contributed by atoms with Gasteiger partial charge in [0, 0.05) is 11.1 Å². The van der Waals surface area contributed by atoms with Crippen molar-refractivity contribution in [2.75, 3.05) is 0 Å². The number of fused-ring (bicyclic) bond motifs is 2. The van der Waals surface area contributed by atoms with Crippen LogP contribution in [0.1, 0.15) is 55.4 Å². The van der Waals surface area contributed by atoms with Gasteiger partial charge in [-0.2, -0.15) is 0 Å². The molecule has 6 nitrogen and oxygen atoms in total. The third kappa shape index (κ3) is 5.04. The minimum atomic E-state index is -1.03. The molecular formula is C35H25FN2O4. The van der Waals surface area contributed by atoms with Crippen LogP contribution in [0, 0.1) is 5.82 Å². The lowest BCUT2D eigenvalue weighted by molar-refractivity contribution is 0.0696. The molecular weight excluding hydrogens is 531 g/mol. The zero-order chi connectivity index (χ0) is 29.4. The topological polar surface area (TPSA) is 87.9 Å². The first-order valence-electron chi connectivity index (χ1n) is 13.4. The highest BCUT2D eigenvalue weighted by Crippen LogP contribution is 2.27. The van der Waals surface area contributed by atoms with Gasteiger partial charge in [0.15, 0.2) is 0 Å². The van der Waals surface area contributed by atoms with E-state index in [-0.39, 0.29) is 22.9 Å². The monoisotopic (exact) mass is 556 g/mol. The predicted molar refractivity (Wildman–Crippen MR) is 159 cm³/mol. The lowest BCUT2D eigenvalue weighted by Crippen LogP contribution is -2.29. The first-order valence-corrected chi connectivity index (χ1v) is 13.4. The summed E-state index contributed by atoms with van der Waals surface area (Å²) in [5.41, 5.74) is 4.31. The van der Waals surface area contributed by atoms with Crippen LogP contribution in [0.15, 0.2) is 115 Å². The predicted octanol–water partition coefficient (Wildman–Crippen LogP) is 7.32. The number of carbonyl (C=O) groups is 3. The third-order valence-corrected chi connectivity index (χ3v) is 7.39. The van der Waals surface area contributed by atoms with Crippen LogP contribution in [0.3, 0.4) is 0 Å². The zero-order valence-electron chi connectivity index (χ0n) is 22.5. The average Bonchev–Trinajstić information content (AvgIpc) is 3.44. The van der Waals surface area contributed by atoms with Crippen molar-refractivity contribution in [2.45, 2.75) is 13.0 Å². The minimum absolute atomic E-state index is 0.156. The smallest absolute Gasteiger partial charge is 0.335 e. The molecule has 2 N–H and O–H groups in total. The van der Waals surface area contributed by atoms with Crippen LogP contribution in [0.4, 0.5) is 4.39 Å². The molecule has 0 aliphatic heterocycles. The Morgan fingerprint density at radius 3 is 2.14 bits per heavy atom. The van der Waals surface area contributed by atoms with Crippen LogP contribution in [0.5, 0.6) is 0 Å². The molecule has 0 radical (unpaired) electrons. The highest BCUT2D eigenvalue weighted by atomic mass is 19.1. The molecule has 6 aromatic rings. The van der Waals surface area contributed by atoms with Gasteiger partial charge in [0.05, 0.1) is 17.3 Å². The van der Waals surface area contributed by atoms with Crippen molar-refractivity contribution in [2.24, 2.45) is 0 Å². The second kappa shape index (κ2) is 10.8. The summed E-state index contributed by atoms with van der Waals surface area (Å²) in [6, 6.07) is 32.2. The van der Waals surface area contributed by atoms with Crippen LogP contribution >= 0.6 is 0 Å². The molecule has 4 aromatic carbocycles. The number of nitrogens with one attached hydrogen (secondary N) is 1. The Morgan fingerprint density at radius 2 is 1.40 bits per heavy atom. The molecule has 0 saturated heterocycles. The van der Waals surface area contributed by atoms with E-state index < -0.39 is 17.9 Å². The van der Waals surface area contributed by atoms with Crippen molar-refractivity contribution in [3.63, 3.8) is 0 Å². The Balaban J connectivity index is 1.42. The SMILES string of the molecule is C[C@H](NC(=O)c1cc(-c2ccccc2)cc2ccc(C(=O)c3ccc4cc(F)ccc4c3)n12)c1ccc(C(=O)O)cc1. The van der Waals surface area contributed by atoms with Crippen molar-refractivity contribution >= 4 is 33.9 Å². The van der Waals surface area contributed by atoms with Gasteiger partial charge in [-0.25, -0.2) is 9.18 Å². The van der Waals surface area contributed by atoms with Crippen LogP contribution in [0.2, 0.25) is 0 Å². The molecule has 0 bridgehead atoms. The fourth-order valence-corrected chi connectivity index (χ4v) is 5.16. The summed E-state index contributed by atoms with van der Waals surface area (Å²) in [5.74, 6) is -2.05. The molecule has 42 heavy (non-hydrogen) atoms. The normalized spacial score (nSPS) is 11.9. The molecule has 206 valence electrons. The lowest BCUT2D eigenvalue weighted by atomic mass is 10.0. The summed E-state index contributed by atoms with van der Waals surface area (Å²) in [6.45, 7) is 1.81. The minimum Gasteiger partial charge on any atom is -0.478 e. The summed E-state index contributed by atoms with van der Waals surface area (Å²) in [4.78, 5) is 38.9. The van der Waals surface area contributed by atoms with Gasteiger partial charge in [-0.1, -0.05) is 60.7 Å². The number of ketones is 1. The van der Waals surface area contributed by atoms with Gasteiger partial charge in [0.2, 0.25) is 5.78 Å². The molecule has 1 atom stereocenters. The number of aromatic carboxylic acids is 1. The Bertz CT molecular complexity index is 2000. The van der Waals surface area contributed by atoms with Gasteiger partial charge >= 0.3 is 5.97 Å². The van der Waals surface area contributed by atoms with Gasteiger partial charge in [0.25, 0.3) is 5.91 Å². The van der Waals surface area contributed by atoms with Crippen molar-refractivity contribution in [3.05, 3.63) is 149 Å². The number of nitrogens with zero attached hydrogens (tertiary/aromatic N) is 1. The van der Waals surface area contributed by atoms with E-state index in [0.717, 1.165) is 22.1 Å². The van der Waals surface area contributed by atoms with E-state index >= 15 is 0 Å². The Morgan fingerprint density at radius 1 is 0.714 bits per heavy atom. The number of carbonyl (C=O) groups excluding carboxylic acids is 2. The first-order chi connectivity index (χ1) is 20.3. The molecule has 0 spiro atoms. The summed E-state index contributed by atoms with van der Waals surface area (Å²) in [7, 11) is 0. The molecule has 0 fully saturated rings. The van der Waals surface area contributed by atoms with Gasteiger partial charge in [-0.3, -0.25) is 9.59 Å². The molecule has 0 aliphatic rings. The van der Waals surface area contributed by atoms with Crippen molar-refractivity contribution in [1.82, 2.24) is 9.72 Å². The summed E-state index contributed by atoms with van der Waals surface area (Å²) < 4.78 is 15.3. The molecule has 6 rings (SSSR count). The first kappa shape index (κ1) is 26.7. The molecule has 2 heterocycles. The number of rotatable bonds is 7. The second-order valence-electron chi connectivity index (χ2n) is 10.1. The van der Waals surface area contributed by atoms with Crippen LogP contribution in [-0.4, -0.2) is 27.2 Å². The number of aromatic nitrogens is 1. The highest BCUT2D eigenvalue weighted by molar-refractivity contribution is 6.11. The number of amides is 1. The lowest BCUT2D eigenvalue weighted by Gasteiger charge is -2.17. The van der Waals surface area contributed by atoms with E-state index in [4.69, 9.17) is 0 Å². The van der Waals surface area contributed by atoms with Crippen molar-refractivity contribution in [3.8, 4) is 11.1 Å². The quantitative estimate of drug-likeness (QED) is 0.202. The van der Waals surface area contributed by atoms with E-state index in [2.05, 4.69) is 5.32 Å². The van der Waals surface area contributed by atoms with Gasteiger partial charge < -0.3 is 14.8 Å². The number of carboxylic acids is 1. The van der Waals surface area contributed by atoms with Crippen molar-refractivity contribution < 1.29 is 23.9 Å². The molecule has 0 saturated carbocycles. The highest BCUT2D eigenvalue weighted by Gasteiger charge is 2.22. The van der Waals surface area contributed by atoms with E-state index in [0.29, 0.717) is 22.2 Å². The maximum atomic E-state index is 13.8. The molecule has 0 unspecified atom stereocenters. The Labute approximate surface area is 240 Å². The summed E-state index contributed by atoms with van der Waals surface area (Å²) in [6.07, 6.45) is 0. The number of benzene rings is 4. The Hall–Kier alpha value is -5.56. The number of pyridine rings is 1. The maximum absolute atomic E-state index is 13.8. The number of hydrogen-bond donors (Lipinski definition) is 2. The van der Waals surface area contributed by atoms with Crippen LogP contribution < -0.4 is 5.32 Å². The number of halogens is 1. The summed E-state index contributed by atoms with van der Waals surface area (Å²) >= 11 is 0. The fourth-order valence-electron chi connectivity index (χ4n) is 5.16. The number of hydrogen-bond acceptors (Lipinski definition) is 3. The van der Waals surface area contributed by atoms with Crippen LogP contribution in [-0.2, 0) is 0 Å². The van der Waals surface area contributed by atoms with E-state index in [1.807, 2.05) is 43.3 Å². The standard InChI is InChI=1S/C35H25FN2O4/c1-21(22-7-9-24(10-8-22)35(41)42)37-34(40)32-20-28(23-5-3-2-4-6-23)19-30-15-16-31(38(30)32)33(39)27-12-11-26-18-29(36)14-13-25(26)17-27/h2-21H,1H3,(H,37,40)(H,41,42)/t21-/m0/s1. The zero-order valence-corrected chi connectivity index (χ0v) is 22.5. The van der Waals surface area contributed by atoms with Crippen molar-refractivity contribution in [1.29, 1.82) is 0 Å². The fraction of sp³-hybridized carbons (Fsp3) is 0.0571. The molecule has 7 heteroatoms.